The Kier molecular flexibility index (Phi) is 7.78. The van der Waals surface area contributed by atoms with Gasteiger partial charge in [-0.15, -0.1) is 0 Å². The van der Waals surface area contributed by atoms with E-state index in [4.69, 9.17) is 0 Å². The third-order valence-electron chi connectivity index (χ3n) is 4.07. The average molecular weight is 376 g/mol. The second-order valence-corrected chi connectivity index (χ2v) is 7.72. The molecule has 0 spiro atoms. The molecule has 0 heterocycles. The van der Waals surface area contributed by atoms with Crippen molar-refractivity contribution in [2.45, 2.75) is 25.6 Å². The molecule has 0 bridgehead atoms. The van der Waals surface area contributed by atoms with E-state index in [2.05, 4.69) is 15.6 Å². The van der Waals surface area contributed by atoms with Crippen LogP contribution in [0.3, 0.4) is 0 Å². The van der Waals surface area contributed by atoms with Gasteiger partial charge in [-0.3, -0.25) is 9.20 Å². The van der Waals surface area contributed by atoms with E-state index in [1.54, 1.807) is 20.0 Å². The maximum atomic E-state index is 13.7. The molecule has 2 aromatic carbocycles. The number of nitrogens with one attached hydrogen (secondary N) is 2. The van der Waals surface area contributed by atoms with Gasteiger partial charge in [0, 0.05) is 35.9 Å². The lowest BCUT2D eigenvalue weighted by Gasteiger charge is -2.18. The summed E-state index contributed by atoms with van der Waals surface area (Å²) in [7, 11) is 0.741. The van der Waals surface area contributed by atoms with Crippen LogP contribution in [0.4, 0.5) is 4.39 Å². The van der Waals surface area contributed by atoms with E-state index < -0.39 is 10.8 Å². The van der Waals surface area contributed by atoms with Crippen molar-refractivity contribution in [3.05, 3.63) is 71.0 Å². The third kappa shape index (κ3) is 6.26. The van der Waals surface area contributed by atoms with Crippen molar-refractivity contribution in [1.82, 2.24) is 10.6 Å². The molecule has 0 aliphatic rings. The van der Waals surface area contributed by atoms with E-state index in [9.17, 15) is 8.60 Å². The summed E-state index contributed by atoms with van der Waals surface area (Å²) in [5, 5.41) is 6.39. The lowest BCUT2D eigenvalue weighted by atomic mass is 10.1. The fourth-order valence-corrected chi connectivity index (χ4v) is 3.52. The number of aliphatic imine (C=N–C) groups is 1. The molecule has 2 atom stereocenters. The van der Waals surface area contributed by atoms with Crippen LogP contribution in [-0.4, -0.2) is 29.5 Å². The van der Waals surface area contributed by atoms with Gasteiger partial charge in [0.25, 0.3) is 0 Å². The monoisotopic (exact) mass is 375 g/mol. The summed E-state index contributed by atoms with van der Waals surface area (Å²) in [6, 6.07) is 14.9. The Hall–Kier alpha value is -2.21. The summed E-state index contributed by atoms with van der Waals surface area (Å²) in [5.74, 6) is 1.47. The normalized spacial score (nSPS) is 13.9. The number of guanidine groups is 1. The molecule has 140 valence electrons. The van der Waals surface area contributed by atoms with Gasteiger partial charge in [0.1, 0.15) is 5.82 Å². The molecule has 0 fully saturated rings. The van der Waals surface area contributed by atoms with Crippen LogP contribution in [0.1, 0.15) is 29.7 Å². The molecule has 0 aromatic heterocycles. The van der Waals surface area contributed by atoms with E-state index in [1.165, 1.54) is 6.07 Å². The number of hydrogen-bond donors (Lipinski definition) is 2. The highest BCUT2D eigenvalue weighted by Crippen LogP contribution is 2.16. The second kappa shape index (κ2) is 10.1. The first-order valence-electron chi connectivity index (χ1n) is 8.61. The molecule has 2 rings (SSSR count). The minimum absolute atomic E-state index is 0.0916. The average Bonchev–Trinajstić information content (AvgIpc) is 2.63. The lowest BCUT2D eigenvalue weighted by molar-refractivity contribution is 0.607. The lowest BCUT2D eigenvalue weighted by Crippen LogP contribution is -2.40. The largest absolute Gasteiger partial charge is 0.355 e. The number of halogens is 1. The predicted molar refractivity (Wildman–Crippen MR) is 107 cm³/mol. The molecule has 2 aromatic rings. The molecule has 2 N–H and O–H groups in total. The molecule has 0 aliphatic heterocycles. The van der Waals surface area contributed by atoms with Crippen molar-refractivity contribution in [1.29, 1.82) is 0 Å². The molecule has 0 saturated carbocycles. The van der Waals surface area contributed by atoms with Gasteiger partial charge in [-0.1, -0.05) is 42.5 Å². The highest BCUT2D eigenvalue weighted by Gasteiger charge is 2.10. The van der Waals surface area contributed by atoms with Gasteiger partial charge in [-0.05, 0) is 36.6 Å². The maximum Gasteiger partial charge on any atom is 0.191 e. The van der Waals surface area contributed by atoms with Gasteiger partial charge in [-0.2, -0.15) is 0 Å². The highest BCUT2D eigenvalue weighted by molar-refractivity contribution is 7.84. The van der Waals surface area contributed by atoms with Gasteiger partial charge in [0.05, 0.1) is 6.04 Å². The molecule has 6 heteroatoms. The Morgan fingerprint density at radius 1 is 1.23 bits per heavy atom. The first-order chi connectivity index (χ1) is 12.5. The molecule has 26 heavy (non-hydrogen) atoms. The van der Waals surface area contributed by atoms with Crippen LogP contribution < -0.4 is 10.6 Å². The molecule has 2 unspecified atom stereocenters. The van der Waals surface area contributed by atoms with E-state index in [-0.39, 0.29) is 11.9 Å². The fourth-order valence-electron chi connectivity index (χ4n) is 2.48. The van der Waals surface area contributed by atoms with Gasteiger partial charge in [0.2, 0.25) is 0 Å². The molecule has 0 radical (unpaired) electrons. The van der Waals surface area contributed by atoms with Crippen LogP contribution in [0.5, 0.6) is 0 Å². The van der Waals surface area contributed by atoms with Crippen molar-refractivity contribution in [3.8, 4) is 0 Å². The Morgan fingerprint density at radius 3 is 2.62 bits per heavy atom. The van der Waals surface area contributed by atoms with Crippen LogP contribution in [-0.2, 0) is 16.6 Å². The number of benzene rings is 2. The summed E-state index contributed by atoms with van der Waals surface area (Å²) in [6.07, 6.45) is 0. The van der Waals surface area contributed by atoms with E-state index in [1.807, 2.05) is 43.3 Å². The highest BCUT2D eigenvalue weighted by atomic mass is 32.2. The molecule has 0 amide bonds. The predicted octanol–water partition coefficient (Wildman–Crippen LogP) is 3.31. The van der Waals surface area contributed by atoms with Crippen molar-refractivity contribution < 1.29 is 8.60 Å². The number of rotatable bonds is 7. The van der Waals surface area contributed by atoms with Gasteiger partial charge in [-0.25, -0.2) is 4.39 Å². The summed E-state index contributed by atoms with van der Waals surface area (Å²) in [5.41, 5.74) is 2.55. The van der Waals surface area contributed by atoms with Crippen LogP contribution in [0.15, 0.2) is 53.5 Å². The van der Waals surface area contributed by atoms with Crippen LogP contribution in [0.2, 0.25) is 0 Å². The first kappa shape index (κ1) is 20.1. The molecular weight excluding hydrogens is 349 g/mol. The van der Waals surface area contributed by atoms with Gasteiger partial charge >= 0.3 is 0 Å². The standard InChI is InChI=1S/C20H26FN3OS/c1-15-9-10-18(13-19(15)21)16(2)24-20(22-3)23-11-12-26(25)14-17-7-5-4-6-8-17/h4-10,13,16H,11-12,14H2,1-3H3,(H2,22,23,24). The summed E-state index contributed by atoms with van der Waals surface area (Å²) in [4.78, 5) is 4.18. The van der Waals surface area contributed by atoms with Crippen molar-refractivity contribution in [2.75, 3.05) is 19.3 Å². The second-order valence-electron chi connectivity index (χ2n) is 6.15. The summed E-state index contributed by atoms with van der Waals surface area (Å²) < 4.78 is 25.9. The molecule has 0 saturated heterocycles. The zero-order valence-electron chi connectivity index (χ0n) is 15.5. The third-order valence-corrected chi connectivity index (χ3v) is 5.38. The van der Waals surface area contributed by atoms with Crippen LogP contribution in [0, 0.1) is 12.7 Å². The summed E-state index contributed by atoms with van der Waals surface area (Å²) in [6.45, 7) is 4.24. The van der Waals surface area contributed by atoms with E-state index >= 15 is 0 Å². The summed E-state index contributed by atoms with van der Waals surface area (Å²) >= 11 is 0. The Morgan fingerprint density at radius 2 is 1.96 bits per heavy atom. The maximum absolute atomic E-state index is 13.7. The number of nitrogens with zero attached hydrogens (tertiary/aromatic N) is 1. The van der Waals surface area contributed by atoms with Crippen molar-refractivity contribution in [3.63, 3.8) is 0 Å². The zero-order chi connectivity index (χ0) is 18.9. The van der Waals surface area contributed by atoms with E-state index in [0.717, 1.165) is 11.1 Å². The molecular formula is C20H26FN3OS. The number of hydrogen-bond acceptors (Lipinski definition) is 2. The van der Waals surface area contributed by atoms with Crippen molar-refractivity contribution >= 4 is 16.8 Å². The Bertz CT molecular complexity index is 765. The minimum atomic E-state index is -0.939. The van der Waals surface area contributed by atoms with Crippen LogP contribution >= 0.6 is 0 Å². The fraction of sp³-hybridized carbons (Fsp3) is 0.350. The number of aryl methyl sites for hydroxylation is 1. The topological polar surface area (TPSA) is 53.5 Å². The van der Waals surface area contributed by atoms with Gasteiger partial charge < -0.3 is 10.6 Å². The smallest absolute Gasteiger partial charge is 0.191 e. The molecule has 0 aliphatic carbocycles. The quantitative estimate of drug-likeness (QED) is 0.577. The molecule has 4 nitrogen and oxygen atoms in total. The van der Waals surface area contributed by atoms with E-state index in [0.29, 0.717) is 29.6 Å². The zero-order valence-corrected chi connectivity index (χ0v) is 16.3. The van der Waals surface area contributed by atoms with Gasteiger partial charge in [0.15, 0.2) is 5.96 Å². The SMILES string of the molecule is CN=C(NCCS(=O)Cc1ccccc1)NC(C)c1ccc(C)c(F)c1. The minimum Gasteiger partial charge on any atom is -0.355 e. The Labute approximate surface area is 157 Å². The van der Waals surface area contributed by atoms with Crippen LogP contribution in [0.25, 0.3) is 0 Å². The Balaban J connectivity index is 1.80. The van der Waals surface area contributed by atoms with Crippen molar-refractivity contribution in [2.24, 2.45) is 4.99 Å². The first-order valence-corrected chi connectivity index (χ1v) is 10.1.